The van der Waals surface area contributed by atoms with Gasteiger partial charge in [-0.2, -0.15) is 4.31 Å². The van der Waals surface area contributed by atoms with E-state index in [-0.39, 0.29) is 28.7 Å². The highest BCUT2D eigenvalue weighted by atomic mass is 32.2. The Bertz CT molecular complexity index is 847. The standard InChI is InChI=1S/C18H22N2O6S2/c21-16(13-26-17(22)7-10-19-11-12-27-18(19)23)14-3-5-15(6-4-14)28(24,25)20-8-1-2-9-20/h3-6H,1-2,7-13H2. The minimum absolute atomic E-state index is 0.0343. The normalized spacial score (nSPS) is 17.9. The Hall–Kier alpha value is -1.91. The molecule has 2 aliphatic heterocycles. The van der Waals surface area contributed by atoms with Crippen molar-refractivity contribution in [2.75, 3.05) is 38.5 Å². The molecule has 1 aromatic rings. The number of thioether (sulfide) groups is 1. The van der Waals surface area contributed by atoms with Gasteiger partial charge in [0.1, 0.15) is 0 Å². The monoisotopic (exact) mass is 426 g/mol. The van der Waals surface area contributed by atoms with Crippen molar-refractivity contribution in [1.29, 1.82) is 0 Å². The number of sulfonamides is 1. The fourth-order valence-electron chi connectivity index (χ4n) is 3.05. The fourth-order valence-corrected chi connectivity index (χ4v) is 5.42. The highest BCUT2D eigenvalue weighted by Crippen LogP contribution is 2.21. The van der Waals surface area contributed by atoms with Gasteiger partial charge in [-0.3, -0.25) is 14.4 Å². The summed E-state index contributed by atoms with van der Waals surface area (Å²) in [7, 11) is -3.52. The number of hydrogen-bond donors (Lipinski definition) is 0. The van der Waals surface area contributed by atoms with Gasteiger partial charge in [0.15, 0.2) is 12.4 Å². The first kappa shape index (κ1) is 20.8. The van der Waals surface area contributed by atoms with Gasteiger partial charge in [0.2, 0.25) is 10.0 Å². The molecule has 0 spiro atoms. The van der Waals surface area contributed by atoms with Gasteiger partial charge in [-0.15, -0.1) is 0 Å². The van der Waals surface area contributed by atoms with Crippen molar-refractivity contribution in [3.63, 3.8) is 0 Å². The van der Waals surface area contributed by atoms with E-state index in [0.29, 0.717) is 19.6 Å². The Balaban J connectivity index is 1.49. The van der Waals surface area contributed by atoms with Crippen LogP contribution in [0.5, 0.6) is 0 Å². The number of hydrogen-bond acceptors (Lipinski definition) is 7. The summed E-state index contributed by atoms with van der Waals surface area (Å²) in [5, 5.41) is -0.0483. The third kappa shape index (κ3) is 4.92. The molecule has 8 nitrogen and oxygen atoms in total. The second kappa shape index (κ2) is 9.06. The molecule has 2 heterocycles. The molecule has 2 saturated heterocycles. The number of esters is 1. The third-order valence-electron chi connectivity index (χ3n) is 4.67. The lowest BCUT2D eigenvalue weighted by Crippen LogP contribution is -2.28. The number of rotatable bonds is 8. The number of nitrogens with zero attached hydrogens (tertiary/aromatic N) is 2. The maximum absolute atomic E-state index is 12.5. The molecule has 0 bridgehead atoms. The second-order valence-corrected chi connectivity index (χ2v) is 9.55. The van der Waals surface area contributed by atoms with Gasteiger partial charge in [-0.25, -0.2) is 8.42 Å². The largest absolute Gasteiger partial charge is 0.457 e. The van der Waals surface area contributed by atoms with E-state index >= 15 is 0 Å². The van der Waals surface area contributed by atoms with Crippen molar-refractivity contribution >= 4 is 38.8 Å². The SMILES string of the molecule is O=C(CCN1CCSC1=O)OCC(=O)c1ccc(S(=O)(=O)N2CCCC2)cc1. The van der Waals surface area contributed by atoms with Gasteiger partial charge in [0.25, 0.3) is 5.24 Å². The molecule has 3 rings (SSSR count). The fraction of sp³-hybridized carbons (Fsp3) is 0.500. The van der Waals surface area contributed by atoms with Crippen LogP contribution in [0.1, 0.15) is 29.6 Å². The topological polar surface area (TPSA) is 101 Å². The number of benzene rings is 1. The lowest BCUT2D eigenvalue weighted by atomic mass is 10.1. The van der Waals surface area contributed by atoms with E-state index in [2.05, 4.69) is 0 Å². The van der Waals surface area contributed by atoms with Crippen LogP contribution in [-0.2, 0) is 19.6 Å². The number of carbonyl (C=O) groups is 3. The summed E-state index contributed by atoms with van der Waals surface area (Å²) < 4.78 is 31.4. The summed E-state index contributed by atoms with van der Waals surface area (Å²) in [5.41, 5.74) is 0.277. The number of ketones is 1. The number of carbonyl (C=O) groups excluding carboxylic acids is 3. The van der Waals surface area contributed by atoms with Crippen LogP contribution in [0.3, 0.4) is 0 Å². The lowest BCUT2D eigenvalue weighted by Gasteiger charge is -2.15. The molecule has 1 aromatic carbocycles. The molecule has 0 saturated carbocycles. The molecule has 0 N–H and O–H groups in total. The predicted molar refractivity (Wildman–Crippen MR) is 104 cm³/mol. The van der Waals surface area contributed by atoms with Gasteiger partial charge in [0, 0.05) is 37.5 Å². The van der Waals surface area contributed by atoms with E-state index in [9.17, 15) is 22.8 Å². The Labute approximate surface area is 168 Å². The van der Waals surface area contributed by atoms with Crippen LogP contribution in [-0.4, -0.2) is 73.2 Å². The quantitative estimate of drug-likeness (QED) is 0.461. The molecule has 2 fully saturated rings. The van der Waals surface area contributed by atoms with E-state index in [1.807, 2.05) is 0 Å². The predicted octanol–water partition coefficient (Wildman–Crippen LogP) is 1.76. The summed E-state index contributed by atoms with van der Waals surface area (Å²) in [6.07, 6.45) is 1.74. The van der Waals surface area contributed by atoms with Crippen LogP contribution in [0.25, 0.3) is 0 Å². The summed E-state index contributed by atoms with van der Waals surface area (Å²) >= 11 is 1.22. The Morgan fingerprint density at radius 3 is 2.36 bits per heavy atom. The average Bonchev–Trinajstić information content (AvgIpc) is 3.37. The second-order valence-electron chi connectivity index (χ2n) is 6.57. The molecule has 0 aliphatic carbocycles. The highest BCUT2D eigenvalue weighted by Gasteiger charge is 2.27. The number of ether oxygens (including phenoxy) is 1. The van der Waals surface area contributed by atoms with Crippen molar-refractivity contribution in [2.45, 2.75) is 24.2 Å². The molecule has 0 unspecified atom stereocenters. The summed E-state index contributed by atoms with van der Waals surface area (Å²) in [5.74, 6) is -0.242. The van der Waals surface area contributed by atoms with Crippen LogP contribution in [0.15, 0.2) is 29.2 Å². The molecule has 2 aliphatic rings. The van der Waals surface area contributed by atoms with E-state index in [1.165, 1.54) is 40.3 Å². The van der Waals surface area contributed by atoms with E-state index in [4.69, 9.17) is 4.74 Å². The van der Waals surface area contributed by atoms with Gasteiger partial charge in [-0.1, -0.05) is 11.8 Å². The number of amides is 1. The minimum Gasteiger partial charge on any atom is -0.457 e. The maximum atomic E-state index is 12.5. The molecular formula is C18H22N2O6S2. The van der Waals surface area contributed by atoms with Crippen molar-refractivity contribution in [1.82, 2.24) is 9.21 Å². The maximum Gasteiger partial charge on any atom is 0.308 e. The van der Waals surface area contributed by atoms with Crippen LogP contribution < -0.4 is 0 Å². The van der Waals surface area contributed by atoms with Gasteiger partial charge >= 0.3 is 5.97 Å². The lowest BCUT2D eigenvalue weighted by molar-refractivity contribution is -0.142. The molecule has 28 heavy (non-hydrogen) atoms. The molecule has 0 atom stereocenters. The van der Waals surface area contributed by atoms with E-state index in [0.717, 1.165) is 18.6 Å². The Morgan fingerprint density at radius 2 is 1.75 bits per heavy atom. The van der Waals surface area contributed by atoms with Crippen molar-refractivity contribution < 1.29 is 27.5 Å². The van der Waals surface area contributed by atoms with Crippen LogP contribution in [0.2, 0.25) is 0 Å². The zero-order valence-electron chi connectivity index (χ0n) is 15.3. The van der Waals surface area contributed by atoms with Crippen LogP contribution in [0.4, 0.5) is 4.79 Å². The van der Waals surface area contributed by atoms with Gasteiger partial charge in [0.05, 0.1) is 11.3 Å². The summed E-state index contributed by atoms with van der Waals surface area (Å²) in [6, 6.07) is 5.66. The molecule has 1 amide bonds. The summed E-state index contributed by atoms with van der Waals surface area (Å²) in [6.45, 7) is 1.51. The Morgan fingerprint density at radius 1 is 1.07 bits per heavy atom. The van der Waals surface area contributed by atoms with Gasteiger partial charge in [-0.05, 0) is 37.1 Å². The first-order valence-corrected chi connectivity index (χ1v) is 11.5. The van der Waals surface area contributed by atoms with Crippen LogP contribution in [0, 0.1) is 0 Å². The summed E-state index contributed by atoms with van der Waals surface area (Å²) in [4.78, 5) is 37.1. The van der Waals surface area contributed by atoms with Crippen LogP contribution >= 0.6 is 11.8 Å². The first-order chi connectivity index (χ1) is 13.4. The zero-order valence-corrected chi connectivity index (χ0v) is 17.0. The first-order valence-electron chi connectivity index (χ1n) is 9.08. The molecule has 152 valence electrons. The molecule has 10 heteroatoms. The molecule has 0 aromatic heterocycles. The van der Waals surface area contributed by atoms with Gasteiger partial charge < -0.3 is 9.64 Å². The van der Waals surface area contributed by atoms with Crippen molar-refractivity contribution in [3.05, 3.63) is 29.8 Å². The Kier molecular flexibility index (Phi) is 6.73. The third-order valence-corrected chi connectivity index (χ3v) is 7.48. The smallest absolute Gasteiger partial charge is 0.308 e. The van der Waals surface area contributed by atoms with E-state index < -0.39 is 28.4 Å². The minimum atomic E-state index is -3.52. The number of Topliss-reactive ketones (excluding diaryl/α,β-unsaturated/α-hetero) is 1. The zero-order chi connectivity index (χ0) is 20.1. The average molecular weight is 427 g/mol. The van der Waals surface area contributed by atoms with Crippen molar-refractivity contribution in [3.8, 4) is 0 Å². The molecule has 0 radical (unpaired) electrons. The van der Waals surface area contributed by atoms with E-state index in [1.54, 1.807) is 4.90 Å². The van der Waals surface area contributed by atoms with Crippen molar-refractivity contribution in [2.24, 2.45) is 0 Å². The molecular weight excluding hydrogens is 404 g/mol. The highest BCUT2D eigenvalue weighted by molar-refractivity contribution is 8.13.